The Kier molecular flexibility index (Phi) is 5.94. The van der Waals surface area contributed by atoms with Gasteiger partial charge in [-0.05, 0) is 38.8 Å². The predicted molar refractivity (Wildman–Crippen MR) is 109 cm³/mol. The maximum absolute atomic E-state index is 13.1. The molecular weight excluding hydrogens is 344 g/mol. The first-order valence-electron chi connectivity index (χ1n) is 8.72. The van der Waals surface area contributed by atoms with Gasteiger partial charge in [0.05, 0.1) is 6.04 Å². The molecule has 0 radical (unpaired) electrons. The van der Waals surface area contributed by atoms with E-state index < -0.39 is 0 Å². The highest BCUT2D eigenvalue weighted by Crippen LogP contribution is 2.31. The van der Waals surface area contributed by atoms with E-state index in [0.29, 0.717) is 0 Å². The Labute approximate surface area is 162 Å². The molecule has 0 saturated heterocycles. The van der Waals surface area contributed by atoms with Crippen LogP contribution in [-0.2, 0) is 4.79 Å². The number of benzene rings is 2. The highest BCUT2D eigenvalue weighted by molar-refractivity contribution is 5.97. The summed E-state index contributed by atoms with van der Waals surface area (Å²) in [6.45, 7) is 8.27. The van der Waals surface area contributed by atoms with Crippen LogP contribution in [0, 0.1) is 0 Å². The van der Waals surface area contributed by atoms with Gasteiger partial charge in [-0.15, -0.1) is 12.4 Å². The maximum Gasteiger partial charge on any atom is 0.249 e. The van der Waals surface area contributed by atoms with E-state index in [4.69, 9.17) is 0 Å². The molecule has 4 heteroatoms. The molecule has 0 fully saturated rings. The first-order valence-corrected chi connectivity index (χ1v) is 8.72. The van der Waals surface area contributed by atoms with Gasteiger partial charge in [-0.2, -0.15) is 0 Å². The molecule has 1 aliphatic rings. The molecule has 0 saturated carbocycles. The molecule has 138 valence electrons. The van der Waals surface area contributed by atoms with Crippen molar-refractivity contribution in [1.82, 2.24) is 10.6 Å². The van der Waals surface area contributed by atoms with E-state index in [1.54, 1.807) is 0 Å². The number of rotatable bonds is 4. The third-order valence-electron chi connectivity index (χ3n) is 4.60. The van der Waals surface area contributed by atoms with Crippen LogP contribution in [0.2, 0.25) is 0 Å². The predicted octanol–water partition coefficient (Wildman–Crippen LogP) is 4.40. The zero-order chi connectivity index (χ0) is 18.1. The van der Waals surface area contributed by atoms with E-state index in [1.165, 1.54) is 0 Å². The Balaban J connectivity index is 0.00000243. The average molecular weight is 371 g/mol. The summed E-state index contributed by atoms with van der Waals surface area (Å²) in [6.07, 6.45) is 2.04. The van der Waals surface area contributed by atoms with Gasteiger partial charge < -0.3 is 5.32 Å². The molecule has 2 aromatic carbocycles. The maximum atomic E-state index is 13.1. The van der Waals surface area contributed by atoms with E-state index in [9.17, 15) is 4.79 Å². The Morgan fingerprint density at radius 3 is 1.73 bits per heavy atom. The molecule has 0 unspecified atom stereocenters. The fraction of sp³-hybridized carbons (Fsp3) is 0.318. The van der Waals surface area contributed by atoms with Crippen molar-refractivity contribution in [3.8, 4) is 0 Å². The quantitative estimate of drug-likeness (QED) is 0.837. The minimum atomic E-state index is -0.356. The summed E-state index contributed by atoms with van der Waals surface area (Å²) >= 11 is 0. The van der Waals surface area contributed by atoms with Crippen molar-refractivity contribution < 1.29 is 4.79 Å². The number of carbonyl (C=O) groups excluding carboxylic acids is 1. The molecule has 1 amide bonds. The fourth-order valence-electron chi connectivity index (χ4n) is 3.66. The largest absolute Gasteiger partial charge is 0.341 e. The van der Waals surface area contributed by atoms with E-state index in [1.807, 2.05) is 80.6 Å². The monoisotopic (exact) mass is 370 g/mol. The highest BCUT2D eigenvalue weighted by atomic mass is 35.5. The molecule has 0 bridgehead atoms. The van der Waals surface area contributed by atoms with Crippen molar-refractivity contribution in [2.45, 2.75) is 44.8 Å². The SMILES string of the molecule is CC1(C)C=C(C(=O)NC(c2ccccc2)c2ccccc2)C(C)(C)N1.Cl. The molecule has 0 aliphatic carbocycles. The van der Waals surface area contributed by atoms with Crippen LogP contribution in [0.3, 0.4) is 0 Å². The van der Waals surface area contributed by atoms with Crippen molar-refractivity contribution in [2.24, 2.45) is 0 Å². The van der Waals surface area contributed by atoms with Gasteiger partial charge in [0.1, 0.15) is 0 Å². The van der Waals surface area contributed by atoms with Crippen LogP contribution >= 0.6 is 12.4 Å². The summed E-state index contributed by atoms with van der Waals surface area (Å²) in [7, 11) is 0. The van der Waals surface area contributed by atoms with Crippen molar-refractivity contribution >= 4 is 18.3 Å². The second-order valence-corrected chi connectivity index (χ2v) is 7.76. The summed E-state index contributed by atoms with van der Waals surface area (Å²) in [5, 5.41) is 6.74. The lowest BCUT2D eigenvalue weighted by Gasteiger charge is -2.28. The van der Waals surface area contributed by atoms with Crippen LogP contribution in [0.4, 0.5) is 0 Å². The molecule has 2 aromatic rings. The molecule has 0 spiro atoms. The average Bonchev–Trinajstić information content (AvgIpc) is 2.81. The standard InChI is InChI=1S/C22H26N2O.ClH/c1-21(2)15-18(22(3,4)24-21)20(25)23-19(16-11-7-5-8-12-16)17-13-9-6-10-14-17;/h5-15,19,24H,1-4H3,(H,23,25);1H. The van der Waals surface area contributed by atoms with Crippen LogP contribution in [-0.4, -0.2) is 17.0 Å². The van der Waals surface area contributed by atoms with Gasteiger partial charge in [0, 0.05) is 16.7 Å². The molecule has 3 nitrogen and oxygen atoms in total. The number of halogens is 1. The van der Waals surface area contributed by atoms with Gasteiger partial charge in [0.15, 0.2) is 0 Å². The third-order valence-corrected chi connectivity index (χ3v) is 4.60. The van der Waals surface area contributed by atoms with Gasteiger partial charge in [-0.1, -0.05) is 66.7 Å². The first kappa shape index (κ1) is 20.2. The molecule has 26 heavy (non-hydrogen) atoms. The molecule has 2 N–H and O–H groups in total. The molecule has 1 heterocycles. The third kappa shape index (κ3) is 4.35. The normalized spacial score (nSPS) is 17.3. The Bertz CT molecular complexity index is 743. The van der Waals surface area contributed by atoms with Crippen molar-refractivity contribution in [2.75, 3.05) is 0 Å². The van der Waals surface area contributed by atoms with Crippen molar-refractivity contribution in [3.63, 3.8) is 0 Å². The second kappa shape index (κ2) is 7.65. The summed E-state index contributed by atoms with van der Waals surface area (Å²) in [6, 6.07) is 20.0. The first-order chi connectivity index (χ1) is 11.8. The lowest BCUT2D eigenvalue weighted by Crippen LogP contribution is -2.48. The van der Waals surface area contributed by atoms with Gasteiger partial charge in [-0.25, -0.2) is 0 Å². The summed E-state index contributed by atoms with van der Waals surface area (Å²) in [5.74, 6) is -0.0271. The summed E-state index contributed by atoms with van der Waals surface area (Å²) < 4.78 is 0. The van der Waals surface area contributed by atoms with Crippen LogP contribution in [0.15, 0.2) is 72.3 Å². The number of hydrogen-bond acceptors (Lipinski definition) is 2. The molecule has 0 aromatic heterocycles. The minimum absolute atomic E-state index is 0. The van der Waals surface area contributed by atoms with Crippen molar-refractivity contribution in [1.29, 1.82) is 0 Å². The highest BCUT2D eigenvalue weighted by Gasteiger charge is 2.40. The minimum Gasteiger partial charge on any atom is -0.341 e. The Morgan fingerprint density at radius 2 is 1.35 bits per heavy atom. The topological polar surface area (TPSA) is 41.1 Å². The van der Waals surface area contributed by atoms with Gasteiger partial charge >= 0.3 is 0 Å². The van der Waals surface area contributed by atoms with E-state index in [2.05, 4.69) is 24.5 Å². The summed E-state index contributed by atoms with van der Waals surface area (Å²) in [4.78, 5) is 13.1. The zero-order valence-corrected chi connectivity index (χ0v) is 16.6. The van der Waals surface area contributed by atoms with E-state index >= 15 is 0 Å². The Hall–Kier alpha value is -2.10. The lowest BCUT2D eigenvalue weighted by molar-refractivity contribution is -0.118. The van der Waals surface area contributed by atoms with Crippen LogP contribution < -0.4 is 10.6 Å². The van der Waals surface area contributed by atoms with Crippen LogP contribution in [0.25, 0.3) is 0 Å². The number of amides is 1. The number of carbonyl (C=O) groups is 1. The Morgan fingerprint density at radius 1 is 0.885 bits per heavy atom. The second-order valence-electron chi connectivity index (χ2n) is 7.76. The summed E-state index contributed by atoms with van der Waals surface area (Å²) in [5.41, 5.74) is 2.39. The lowest BCUT2D eigenvalue weighted by atomic mass is 9.94. The smallest absolute Gasteiger partial charge is 0.249 e. The number of nitrogens with one attached hydrogen (secondary N) is 2. The van der Waals surface area contributed by atoms with Crippen LogP contribution in [0.1, 0.15) is 44.9 Å². The number of hydrogen-bond donors (Lipinski definition) is 2. The molecule has 1 aliphatic heterocycles. The molecule has 3 rings (SSSR count). The van der Waals surface area contributed by atoms with E-state index in [-0.39, 0.29) is 35.4 Å². The zero-order valence-electron chi connectivity index (χ0n) is 15.7. The van der Waals surface area contributed by atoms with Gasteiger partial charge in [0.2, 0.25) is 5.91 Å². The molecule has 0 atom stereocenters. The van der Waals surface area contributed by atoms with Gasteiger partial charge in [-0.3, -0.25) is 10.1 Å². The van der Waals surface area contributed by atoms with Crippen LogP contribution in [0.5, 0.6) is 0 Å². The van der Waals surface area contributed by atoms with Crippen molar-refractivity contribution in [3.05, 3.63) is 83.4 Å². The fourth-order valence-corrected chi connectivity index (χ4v) is 3.66. The molecular formula is C22H27ClN2O. The van der Waals surface area contributed by atoms with E-state index in [0.717, 1.165) is 16.7 Å². The van der Waals surface area contributed by atoms with Gasteiger partial charge in [0.25, 0.3) is 0 Å².